The zero-order valence-corrected chi connectivity index (χ0v) is 18.6. The topological polar surface area (TPSA) is 104 Å². The summed E-state index contributed by atoms with van der Waals surface area (Å²) in [7, 11) is 0. The van der Waals surface area contributed by atoms with E-state index in [0.717, 1.165) is 30.1 Å². The van der Waals surface area contributed by atoms with E-state index in [1.807, 2.05) is 44.2 Å². The van der Waals surface area contributed by atoms with Gasteiger partial charge >= 0.3 is 0 Å². The third kappa shape index (κ3) is 3.86. The van der Waals surface area contributed by atoms with Crippen molar-refractivity contribution in [2.24, 2.45) is 0 Å². The molecule has 0 aliphatic carbocycles. The van der Waals surface area contributed by atoms with Crippen molar-refractivity contribution in [3.63, 3.8) is 0 Å². The number of nitrogens with zero attached hydrogens (tertiary/aromatic N) is 1. The Morgan fingerprint density at radius 1 is 1.19 bits per heavy atom. The Bertz CT molecular complexity index is 1100. The Balaban J connectivity index is 1.72. The highest BCUT2D eigenvalue weighted by molar-refractivity contribution is 5.93. The number of aliphatic hydroxyl groups is 1. The Kier molecular flexibility index (Phi) is 5.97. The van der Waals surface area contributed by atoms with E-state index in [9.17, 15) is 14.7 Å². The van der Waals surface area contributed by atoms with Gasteiger partial charge in [0, 0.05) is 28.8 Å². The molecule has 1 atom stereocenters. The lowest BCUT2D eigenvalue weighted by atomic mass is 9.75. The predicted molar refractivity (Wildman–Crippen MR) is 121 cm³/mol. The lowest BCUT2D eigenvalue weighted by Crippen LogP contribution is -2.32. The van der Waals surface area contributed by atoms with Gasteiger partial charge in [0.25, 0.3) is 17.9 Å². The Hall–Kier alpha value is -3.26. The quantitative estimate of drug-likeness (QED) is 0.598. The second kappa shape index (κ2) is 8.70. The Morgan fingerprint density at radius 3 is 2.59 bits per heavy atom. The summed E-state index contributed by atoms with van der Waals surface area (Å²) in [4.78, 5) is 30.5. The van der Waals surface area contributed by atoms with Crippen molar-refractivity contribution < 1.29 is 19.4 Å². The predicted octanol–water partition coefficient (Wildman–Crippen LogP) is 2.62. The number of likely N-dealkylation sites (N-methyl/N-ethyl adjacent to an activating group) is 1. The number of fused-ring (bicyclic) bond motifs is 1. The van der Waals surface area contributed by atoms with Crippen molar-refractivity contribution in [2.75, 3.05) is 24.6 Å². The molecule has 0 radical (unpaired) electrons. The van der Waals surface area contributed by atoms with Gasteiger partial charge in [0.1, 0.15) is 12.4 Å². The van der Waals surface area contributed by atoms with Gasteiger partial charge < -0.3 is 24.5 Å². The number of carbonyl (C=O) groups excluding carboxylic acids is 1. The van der Waals surface area contributed by atoms with Gasteiger partial charge in [-0.15, -0.1) is 0 Å². The van der Waals surface area contributed by atoms with Crippen molar-refractivity contribution in [1.82, 2.24) is 10.3 Å². The molecule has 1 unspecified atom stereocenters. The van der Waals surface area contributed by atoms with Crippen LogP contribution in [0.25, 0.3) is 11.3 Å². The molecule has 2 aromatic rings. The number of nitrogens with one attached hydrogen (secondary N) is 2. The molecule has 1 aromatic heterocycles. The summed E-state index contributed by atoms with van der Waals surface area (Å²) < 4.78 is 10.9. The van der Waals surface area contributed by atoms with Crippen LogP contribution < -0.4 is 20.5 Å². The average molecular weight is 440 g/mol. The van der Waals surface area contributed by atoms with Crippen LogP contribution in [-0.4, -0.2) is 42.1 Å². The Labute approximate surface area is 186 Å². The van der Waals surface area contributed by atoms with Crippen LogP contribution in [0.1, 0.15) is 39.2 Å². The summed E-state index contributed by atoms with van der Waals surface area (Å²) in [5.74, 6) is 0.382. The van der Waals surface area contributed by atoms with Crippen LogP contribution >= 0.6 is 0 Å². The van der Waals surface area contributed by atoms with E-state index < -0.39 is 17.7 Å². The molecule has 0 bridgehead atoms. The van der Waals surface area contributed by atoms with E-state index >= 15 is 0 Å². The number of benzene rings is 1. The molecule has 4 rings (SSSR count). The fourth-order valence-corrected chi connectivity index (χ4v) is 4.45. The molecule has 0 saturated carbocycles. The van der Waals surface area contributed by atoms with E-state index in [1.165, 1.54) is 0 Å². The molecular formula is C24H29N3O5. The molecule has 1 saturated heterocycles. The summed E-state index contributed by atoms with van der Waals surface area (Å²) >= 11 is 0. The first-order valence-electron chi connectivity index (χ1n) is 11.0. The lowest BCUT2D eigenvalue weighted by molar-refractivity contribution is -0.117. The van der Waals surface area contributed by atoms with Crippen molar-refractivity contribution in [3.8, 4) is 17.0 Å². The van der Waals surface area contributed by atoms with Crippen LogP contribution in [-0.2, 0) is 14.9 Å². The van der Waals surface area contributed by atoms with E-state index in [0.29, 0.717) is 30.7 Å². The molecule has 8 nitrogen and oxygen atoms in total. The summed E-state index contributed by atoms with van der Waals surface area (Å²) in [6, 6.07) is 9.62. The zero-order valence-electron chi connectivity index (χ0n) is 18.6. The van der Waals surface area contributed by atoms with Gasteiger partial charge in [0.05, 0.1) is 12.2 Å². The molecule has 2 aliphatic rings. The molecule has 2 aliphatic heterocycles. The normalized spacial score (nSPS) is 19.4. The third-order valence-electron chi connectivity index (χ3n) is 6.44. The van der Waals surface area contributed by atoms with Gasteiger partial charge in [0.2, 0.25) is 0 Å². The summed E-state index contributed by atoms with van der Waals surface area (Å²) in [5.41, 5.74) is 2.25. The van der Waals surface area contributed by atoms with Crippen LogP contribution in [0.15, 0.2) is 47.0 Å². The first kappa shape index (κ1) is 22.0. The van der Waals surface area contributed by atoms with Crippen LogP contribution in [0.4, 0.5) is 5.69 Å². The number of aliphatic hydroxyl groups excluding tert-OH is 1. The van der Waals surface area contributed by atoms with E-state index in [4.69, 9.17) is 9.47 Å². The molecule has 8 heteroatoms. The fraction of sp³-hybridized carbons (Fsp3) is 0.417. The number of carbonyl (C=O) groups is 1. The molecule has 0 spiro atoms. The molecular weight excluding hydrogens is 410 g/mol. The highest BCUT2D eigenvalue weighted by Crippen LogP contribution is 2.36. The highest BCUT2D eigenvalue weighted by atomic mass is 16.6. The zero-order chi connectivity index (χ0) is 22.9. The number of rotatable bonds is 6. The van der Waals surface area contributed by atoms with Gasteiger partial charge in [-0.05, 0) is 50.1 Å². The standard InChI is InChI=1S/C24H29N3O5/c1-4-24(5-2,14-20-22(29)26-23(30)32-20)16-8-9-17(25-21(16)28)15-7-10-19-18(13-15)27(6-3)11-12-31-19/h7-10,13-14,23,30H,4-6,11-12H2,1-3H3,(H,25,28)(H,26,29)/b20-14+. The minimum atomic E-state index is -1.36. The number of aromatic nitrogens is 1. The SMILES string of the molecule is CCN1CCOc2ccc(-c3ccc(C(/C=C4/OC(O)NC4=O)(CC)CC)c(=O)[nH]3)cc21. The first-order valence-corrected chi connectivity index (χ1v) is 11.0. The largest absolute Gasteiger partial charge is 0.490 e. The first-order chi connectivity index (χ1) is 15.4. The molecule has 3 heterocycles. The second-order valence-corrected chi connectivity index (χ2v) is 8.04. The molecule has 32 heavy (non-hydrogen) atoms. The van der Waals surface area contributed by atoms with Gasteiger partial charge in [-0.3, -0.25) is 14.9 Å². The fourth-order valence-electron chi connectivity index (χ4n) is 4.45. The second-order valence-electron chi connectivity index (χ2n) is 8.04. The number of H-pyrrole nitrogens is 1. The number of allylic oxidation sites excluding steroid dienone is 1. The molecule has 1 amide bonds. The van der Waals surface area contributed by atoms with Crippen molar-refractivity contribution >= 4 is 11.6 Å². The van der Waals surface area contributed by atoms with E-state index in [2.05, 4.69) is 22.1 Å². The van der Waals surface area contributed by atoms with Crippen LogP contribution in [0.3, 0.4) is 0 Å². The molecule has 1 aromatic carbocycles. The maximum Gasteiger partial charge on any atom is 0.290 e. The van der Waals surface area contributed by atoms with E-state index in [1.54, 1.807) is 6.08 Å². The number of anilines is 1. The third-order valence-corrected chi connectivity index (χ3v) is 6.44. The number of ether oxygens (including phenoxy) is 2. The van der Waals surface area contributed by atoms with Crippen molar-refractivity contribution in [1.29, 1.82) is 0 Å². The van der Waals surface area contributed by atoms with Gasteiger partial charge in [-0.2, -0.15) is 0 Å². The van der Waals surface area contributed by atoms with Crippen LogP contribution in [0.2, 0.25) is 0 Å². The Morgan fingerprint density at radius 2 is 1.97 bits per heavy atom. The van der Waals surface area contributed by atoms with E-state index in [-0.39, 0.29) is 11.3 Å². The monoisotopic (exact) mass is 439 g/mol. The number of hydrogen-bond acceptors (Lipinski definition) is 6. The number of aromatic amines is 1. The van der Waals surface area contributed by atoms with Gasteiger partial charge in [-0.25, -0.2) is 0 Å². The number of pyridine rings is 1. The minimum absolute atomic E-state index is 0.0269. The van der Waals surface area contributed by atoms with Crippen molar-refractivity contribution in [2.45, 2.75) is 45.4 Å². The highest BCUT2D eigenvalue weighted by Gasteiger charge is 2.35. The van der Waals surface area contributed by atoms with Crippen LogP contribution in [0, 0.1) is 0 Å². The van der Waals surface area contributed by atoms with Crippen molar-refractivity contribution in [3.05, 3.63) is 58.1 Å². The number of amides is 1. The maximum absolute atomic E-state index is 13.2. The summed E-state index contributed by atoms with van der Waals surface area (Å²) in [6.45, 7) is 8.40. The van der Waals surface area contributed by atoms with Crippen LogP contribution in [0.5, 0.6) is 5.75 Å². The summed E-state index contributed by atoms with van der Waals surface area (Å²) in [5, 5.41) is 11.8. The maximum atomic E-state index is 13.2. The molecule has 3 N–H and O–H groups in total. The molecule has 1 fully saturated rings. The average Bonchev–Trinajstić information content (AvgIpc) is 3.13. The lowest BCUT2D eigenvalue weighted by Gasteiger charge is -2.30. The van der Waals surface area contributed by atoms with Gasteiger partial charge in [-0.1, -0.05) is 19.9 Å². The number of hydrogen-bond donors (Lipinski definition) is 3. The van der Waals surface area contributed by atoms with Gasteiger partial charge in [0.15, 0.2) is 5.76 Å². The minimum Gasteiger partial charge on any atom is -0.490 e. The summed E-state index contributed by atoms with van der Waals surface area (Å²) in [6.07, 6.45) is 1.46. The molecule has 170 valence electrons. The smallest absolute Gasteiger partial charge is 0.290 e.